The Morgan fingerprint density at radius 2 is 2.31 bits per heavy atom. The standard InChI is InChI=1S/C13H19NOS/c1-3-16-12-7-5-9-4-6-10(15-2)8-11(9)13(12)14/h4,6,8,12-13H,3,5,7,14H2,1-2H3. The van der Waals surface area contributed by atoms with Crippen LogP contribution in [0.4, 0.5) is 0 Å². The van der Waals surface area contributed by atoms with Gasteiger partial charge in [0, 0.05) is 11.3 Å². The van der Waals surface area contributed by atoms with Gasteiger partial charge >= 0.3 is 0 Å². The van der Waals surface area contributed by atoms with E-state index in [2.05, 4.69) is 19.1 Å². The van der Waals surface area contributed by atoms with Crippen molar-refractivity contribution < 1.29 is 4.74 Å². The smallest absolute Gasteiger partial charge is 0.119 e. The number of rotatable bonds is 3. The normalized spacial score (nSPS) is 23.9. The van der Waals surface area contributed by atoms with Crippen LogP contribution in [0.1, 0.15) is 30.5 Å². The average molecular weight is 237 g/mol. The average Bonchev–Trinajstić information content (AvgIpc) is 2.33. The van der Waals surface area contributed by atoms with Crippen LogP contribution < -0.4 is 10.5 Å². The number of ether oxygens (including phenoxy) is 1. The van der Waals surface area contributed by atoms with Gasteiger partial charge < -0.3 is 10.5 Å². The Labute approximate surface area is 102 Å². The molecule has 0 saturated carbocycles. The lowest BCUT2D eigenvalue weighted by Gasteiger charge is -2.30. The van der Waals surface area contributed by atoms with Crippen molar-refractivity contribution in [3.8, 4) is 5.75 Å². The largest absolute Gasteiger partial charge is 0.497 e. The third-order valence-corrected chi connectivity index (χ3v) is 4.48. The van der Waals surface area contributed by atoms with Gasteiger partial charge in [0.1, 0.15) is 5.75 Å². The lowest BCUT2D eigenvalue weighted by atomic mass is 9.87. The summed E-state index contributed by atoms with van der Waals surface area (Å²) >= 11 is 1.97. The van der Waals surface area contributed by atoms with E-state index in [1.165, 1.54) is 17.5 Å². The van der Waals surface area contributed by atoms with Crippen LogP contribution in [0.5, 0.6) is 5.75 Å². The third-order valence-electron chi connectivity index (χ3n) is 3.19. The number of hydrogen-bond donors (Lipinski definition) is 1. The Hall–Kier alpha value is -0.670. The maximum Gasteiger partial charge on any atom is 0.119 e. The highest BCUT2D eigenvalue weighted by atomic mass is 32.2. The van der Waals surface area contributed by atoms with Gasteiger partial charge in [-0.25, -0.2) is 0 Å². The Morgan fingerprint density at radius 3 is 3.00 bits per heavy atom. The summed E-state index contributed by atoms with van der Waals surface area (Å²) in [5.74, 6) is 2.05. The van der Waals surface area contributed by atoms with Gasteiger partial charge in [0.25, 0.3) is 0 Å². The molecule has 0 fully saturated rings. The van der Waals surface area contributed by atoms with Crippen molar-refractivity contribution in [1.29, 1.82) is 0 Å². The molecule has 16 heavy (non-hydrogen) atoms. The van der Waals surface area contributed by atoms with Gasteiger partial charge in [-0.15, -0.1) is 0 Å². The predicted octanol–water partition coefficient (Wildman–Crippen LogP) is 2.76. The van der Waals surface area contributed by atoms with Crippen LogP contribution in [0.15, 0.2) is 18.2 Å². The second kappa shape index (κ2) is 5.11. The van der Waals surface area contributed by atoms with Crippen LogP contribution in [0.3, 0.4) is 0 Å². The maximum absolute atomic E-state index is 6.32. The van der Waals surface area contributed by atoms with E-state index >= 15 is 0 Å². The van der Waals surface area contributed by atoms with E-state index in [-0.39, 0.29) is 6.04 Å². The highest BCUT2D eigenvalue weighted by Gasteiger charge is 2.26. The molecule has 1 aromatic rings. The molecule has 0 aromatic heterocycles. The fourth-order valence-corrected chi connectivity index (χ4v) is 3.38. The number of methoxy groups -OCH3 is 1. The Bertz CT molecular complexity index is 367. The molecule has 0 aliphatic heterocycles. The first-order chi connectivity index (χ1) is 7.76. The van der Waals surface area contributed by atoms with Gasteiger partial charge in [0.2, 0.25) is 0 Å². The second-order valence-electron chi connectivity index (χ2n) is 4.12. The van der Waals surface area contributed by atoms with E-state index < -0.39 is 0 Å². The van der Waals surface area contributed by atoms with Crippen LogP contribution >= 0.6 is 11.8 Å². The lowest BCUT2D eigenvalue weighted by Crippen LogP contribution is -2.29. The van der Waals surface area contributed by atoms with Gasteiger partial charge in [-0.3, -0.25) is 0 Å². The summed E-state index contributed by atoms with van der Waals surface area (Å²) in [4.78, 5) is 0. The minimum absolute atomic E-state index is 0.156. The molecule has 0 amide bonds. The summed E-state index contributed by atoms with van der Waals surface area (Å²) in [6, 6.07) is 6.44. The summed E-state index contributed by atoms with van der Waals surface area (Å²) in [7, 11) is 1.70. The minimum Gasteiger partial charge on any atom is -0.497 e. The second-order valence-corrected chi connectivity index (χ2v) is 5.64. The molecular weight excluding hydrogens is 218 g/mol. The van der Waals surface area contributed by atoms with Gasteiger partial charge in [-0.05, 0) is 41.9 Å². The zero-order valence-corrected chi connectivity index (χ0v) is 10.7. The van der Waals surface area contributed by atoms with E-state index in [9.17, 15) is 0 Å². The van der Waals surface area contributed by atoms with Crippen LogP contribution in [-0.4, -0.2) is 18.1 Å². The summed E-state index contributed by atoms with van der Waals surface area (Å²) < 4.78 is 5.26. The molecule has 1 aliphatic carbocycles. The molecule has 0 heterocycles. The SMILES string of the molecule is CCSC1CCc2ccc(OC)cc2C1N. The Kier molecular flexibility index (Phi) is 3.77. The number of thioether (sulfide) groups is 1. The monoisotopic (exact) mass is 237 g/mol. The highest BCUT2D eigenvalue weighted by molar-refractivity contribution is 7.99. The van der Waals surface area contributed by atoms with Crippen molar-refractivity contribution in [2.75, 3.05) is 12.9 Å². The van der Waals surface area contributed by atoms with Crippen molar-refractivity contribution in [2.24, 2.45) is 5.73 Å². The number of aryl methyl sites for hydroxylation is 1. The number of nitrogens with two attached hydrogens (primary N) is 1. The van der Waals surface area contributed by atoms with Gasteiger partial charge in [0.15, 0.2) is 0 Å². The van der Waals surface area contributed by atoms with E-state index in [0.29, 0.717) is 5.25 Å². The fraction of sp³-hybridized carbons (Fsp3) is 0.538. The third kappa shape index (κ3) is 2.20. The van der Waals surface area contributed by atoms with E-state index in [1.807, 2.05) is 17.8 Å². The minimum atomic E-state index is 0.156. The van der Waals surface area contributed by atoms with Crippen LogP contribution in [0.25, 0.3) is 0 Å². The quantitative estimate of drug-likeness (QED) is 0.878. The number of hydrogen-bond acceptors (Lipinski definition) is 3. The fourth-order valence-electron chi connectivity index (χ4n) is 2.32. The van der Waals surface area contributed by atoms with Crippen molar-refractivity contribution in [1.82, 2.24) is 0 Å². The molecule has 1 aromatic carbocycles. The van der Waals surface area contributed by atoms with E-state index in [1.54, 1.807) is 7.11 Å². The molecule has 0 saturated heterocycles. The molecule has 2 unspecified atom stereocenters. The molecule has 2 N–H and O–H groups in total. The Balaban J connectivity index is 2.27. The molecule has 3 heteroatoms. The molecule has 2 nitrogen and oxygen atoms in total. The van der Waals surface area contributed by atoms with Gasteiger partial charge in [-0.2, -0.15) is 11.8 Å². The van der Waals surface area contributed by atoms with Gasteiger partial charge in [0.05, 0.1) is 7.11 Å². The van der Waals surface area contributed by atoms with E-state index in [4.69, 9.17) is 10.5 Å². The molecule has 0 spiro atoms. The number of fused-ring (bicyclic) bond motifs is 1. The van der Waals surface area contributed by atoms with Crippen molar-refractivity contribution in [2.45, 2.75) is 31.1 Å². The molecule has 0 radical (unpaired) electrons. The first kappa shape index (κ1) is 11.8. The van der Waals surface area contributed by atoms with Crippen molar-refractivity contribution >= 4 is 11.8 Å². The highest BCUT2D eigenvalue weighted by Crippen LogP contribution is 2.36. The van der Waals surface area contributed by atoms with Crippen LogP contribution in [0.2, 0.25) is 0 Å². The van der Waals surface area contributed by atoms with E-state index in [0.717, 1.165) is 17.9 Å². The Morgan fingerprint density at radius 1 is 1.50 bits per heavy atom. The maximum atomic E-state index is 6.32. The summed E-state index contributed by atoms with van der Waals surface area (Å²) in [5, 5.41) is 0.560. The predicted molar refractivity (Wildman–Crippen MR) is 70.2 cm³/mol. The number of benzene rings is 1. The van der Waals surface area contributed by atoms with Gasteiger partial charge in [-0.1, -0.05) is 13.0 Å². The molecule has 2 rings (SSSR count). The van der Waals surface area contributed by atoms with Crippen molar-refractivity contribution in [3.63, 3.8) is 0 Å². The van der Waals surface area contributed by atoms with Crippen LogP contribution in [-0.2, 0) is 6.42 Å². The molecule has 1 aliphatic rings. The molecule has 2 atom stereocenters. The first-order valence-corrected chi connectivity index (χ1v) is 6.85. The molecule has 88 valence electrons. The lowest BCUT2D eigenvalue weighted by molar-refractivity contribution is 0.412. The zero-order valence-electron chi connectivity index (χ0n) is 9.90. The summed E-state index contributed by atoms with van der Waals surface area (Å²) in [6.45, 7) is 2.19. The molecule has 0 bridgehead atoms. The topological polar surface area (TPSA) is 35.2 Å². The molecular formula is C13H19NOS. The first-order valence-electron chi connectivity index (χ1n) is 5.80. The van der Waals surface area contributed by atoms with Crippen LogP contribution in [0, 0.1) is 0 Å². The summed E-state index contributed by atoms with van der Waals surface area (Å²) in [5.41, 5.74) is 8.99. The summed E-state index contributed by atoms with van der Waals surface area (Å²) in [6.07, 6.45) is 2.34. The van der Waals surface area contributed by atoms with Crippen molar-refractivity contribution in [3.05, 3.63) is 29.3 Å². The zero-order chi connectivity index (χ0) is 11.5.